The fourth-order valence-electron chi connectivity index (χ4n) is 3.21. The van der Waals surface area contributed by atoms with E-state index in [-0.39, 0.29) is 15.5 Å². The van der Waals surface area contributed by atoms with Crippen LogP contribution in [0, 0.1) is 0 Å². The van der Waals surface area contributed by atoms with Gasteiger partial charge in [-0.25, -0.2) is 22.0 Å². The normalized spacial score (nSPS) is 16.9. The topological polar surface area (TPSA) is 116 Å². The maximum Gasteiger partial charge on any atom is 0.268 e. The van der Waals surface area contributed by atoms with E-state index in [0.29, 0.717) is 23.4 Å². The maximum atomic E-state index is 13.4. The molecule has 2 N–H and O–H groups in total. The Labute approximate surface area is 158 Å². The van der Waals surface area contributed by atoms with E-state index in [1.165, 1.54) is 48.9 Å². The minimum absolute atomic E-state index is 0.0282. The Morgan fingerprint density at radius 2 is 1.74 bits per heavy atom. The molecule has 0 aromatic heterocycles. The van der Waals surface area contributed by atoms with E-state index in [0.717, 1.165) is 0 Å². The van der Waals surface area contributed by atoms with Gasteiger partial charge in [0.15, 0.2) is 0 Å². The van der Waals surface area contributed by atoms with E-state index in [4.69, 9.17) is 14.6 Å². The summed E-state index contributed by atoms with van der Waals surface area (Å²) in [6.07, 6.45) is 0.365. The lowest BCUT2D eigenvalue weighted by atomic mass is 10.1. The van der Waals surface area contributed by atoms with E-state index in [2.05, 4.69) is 0 Å². The van der Waals surface area contributed by atoms with Crippen molar-refractivity contribution in [1.82, 2.24) is 0 Å². The average Bonchev–Trinajstić information content (AvgIpc) is 2.95. The van der Waals surface area contributed by atoms with Gasteiger partial charge in [-0.3, -0.25) is 4.31 Å². The number of primary sulfonamides is 1. The lowest BCUT2D eigenvalue weighted by molar-refractivity contribution is 0.392. The van der Waals surface area contributed by atoms with Crippen LogP contribution in [-0.4, -0.2) is 37.1 Å². The lowest BCUT2D eigenvalue weighted by Crippen LogP contribution is -2.35. The molecule has 0 aliphatic carbocycles. The van der Waals surface area contributed by atoms with Gasteiger partial charge in [0, 0.05) is 12.1 Å². The second-order valence-electron chi connectivity index (χ2n) is 6.21. The van der Waals surface area contributed by atoms with Crippen LogP contribution in [0.3, 0.4) is 0 Å². The summed E-state index contributed by atoms with van der Waals surface area (Å²) in [6.45, 7) is 1.75. The fraction of sp³-hybridized carbons (Fsp3) is 0.294. The molecule has 8 nitrogen and oxygen atoms in total. The summed E-state index contributed by atoms with van der Waals surface area (Å²) in [4.78, 5) is -0.0776. The molecule has 3 rings (SSSR count). The molecular formula is C17H20N2O6S2. The van der Waals surface area contributed by atoms with Crippen molar-refractivity contribution in [2.75, 3.05) is 18.5 Å². The van der Waals surface area contributed by atoms with Crippen LogP contribution in [0.2, 0.25) is 0 Å². The van der Waals surface area contributed by atoms with Crippen LogP contribution in [0.15, 0.2) is 46.2 Å². The van der Waals surface area contributed by atoms with E-state index < -0.39 is 26.1 Å². The quantitative estimate of drug-likeness (QED) is 0.795. The molecule has 0 amide bonds. The summed E-state index contributed by atoms with van der Waals surface area (Å²) in [6, 6.07) is 8.31. The van der Waals surface area contributed by atoms with Gasteiger partial charge in [-0.05, 0) is 49.2 Å². The Hall–Kier alpha value is -2.30. The zero-order valence-corrected chi connectivity index (χ0v) is 16.7. The summed E-state index contributed by atoms with van der Waals surface area (Å²) in [5.74, 6) is 0.573. The Morgan fingerprint density at radius 1 is 1.04 bits per heavy atom. The second-order valence-corrected chi connectivity index (χ2v) is 9.55. The highest BCUT2D eigenvalue weighted by atomic mass is 32.2. The second kappa shape index (κ2) is 6.70. The number of nitrogens with zero attached hydrogens (tertiary/aromatic N) is 1. The van der Waals surface area contributed by atoms with E-state index >= 15 is 0 Å². The van der Waals surface area contributed by atoms with Crippen molar-refractivity contribution in [3.05, 3.63) is 42.0 Å². The Bertz CT molecular complexity index is 1100. The Balaban J connectivity index is 2.15. The summed E-state index contributed by atoms with van der Waals surface area (Å²) in [5.41, 5.74) is 1.01. The molecule has 0 saturated heterocycles. The van der Waals surface area contributed by atoms with Gasteiger partial charge in [0.05, 0.1) is 24.8 Å². The molecule has 1 heterocycles. The third kappa shape index (κ3) is 3.35. The summed E-state index contributed by atoms with van der Waals surface area (Å²) < 4.78 is 61.6. The molecule has 0 fully saturated rings. The molecule has 146 valence electrons. The van der Waals surface area contributed by atoms with Crippen molar-refractivity contribution < 1.29 is 26.3 Å². The fourth-order valence-corrected chi connectivity index (χ4v) is 5.65. The number of nitrogens with two attached hydrogens (primary N) is 1. The Kier molecular flexibility index (Phi) is 4.83. The monoisotopic (exact) mass is 412 g/mol. The van der Waals surface area contributed by atoms with Crippen molar-refractivity contribution in [1.29, 1.82) is 0 Å². The summed E-state index contributed by atoms with van der Waals surface area (Å²) in [5, 5.41) is 5.18. The van der Waals surface area contributed by atoms with E-state index in [1.807, 2.05) is 0 Å². The van der Waals surface area contributed by atoms with Gasteiger partial charge in [0.25, 0.3) is 10.0 Å². The highest BCUT2D eigenvalue weighted by Gasteiger charge is 2.38. The highest BCUT2D eigenvalue weighted by Crippen LogP contribution is 2.40. The zero-order valence-electron chi connectivity index (χ0n) is 15.0. The molecule has 1 unspecified atom stereocenters. The number of benzene rings is 2. The van der Waals surface area contributed by atoms with Gasteiger partial charge in [-0.1, -0.05) is 0 Å². The lowest BCUT2D eigenvalue weighted by Gasteiger charge is -2.25. The summed E-state index contributed by atoms with van der Waals surface area (Å²) >= 11 is 0. The van der Waals surface area contributed by atoms with Crippen LogP contribution < -0.4 is 18.9 Å². The number of methoxy groups -OCH3 is 2. The molecule has 0 radical (unpaired) electrons. The van der Waals surface area contributed by atoms with Crippen molar-refractivity contribution in [2.24, 2.45) is 5.14 Å². The maximum absolute atomic E-state index is 13.4. The predicted molar refractivity (Wildman–Crippen MR) is 100 cm³/mol. The molecular weight excluding hydrogens is 392 g/mol. The number of hydrogen-bond acceptors (Lipinski definition) is 6. The Morgan fingerprint density at radius 3 is 2.33 bits per heavy atom. The minimum atomic E-state index is -3.98. The van der Waals surface area contributed by atoms with Crippen LogP contribution in [0.5, 0.6) is 11.5 Å². The van der Waals surface area contributed by atoms with Crippen molar-refractivity contribution in [3.8, 4) is 11.5 Å². The first-order valence-corrected chi connectivity index (χ1v) is 11.0. The molecule has 27 heavy (non-hydrogen) atoms. The van der Waals surface area contributed by atoms with Gasteiger partial charge in [0.1, 0.15) is 16.4 Å². The van der Waals surface area contributed by atoms with Gasteiger partial charge >= 0.3 is 0 Å². The predicted octanol–water partition coefficient (Wildman–Crippen LogP) is 1.49. The average molecular weight is 412 g/mol. The number of sulfonamides is 2. The standard InChI is InChI=1S/C17H20N2O6S2/c1-11-8-12-9-14(26(18,20)21)5-6-15(12)19(11)27(22,23)17-10-13(24-2)4-7-16(17)25-3/h4-7,9-11H,8H2,1-3H3,(H2,18,20,21). The zero-order chi connectivity index (χ0) is 20.0. The minimum Gasteiger partial charge on any atom is -0.497 e. The molecule has 0 saturated carbocycles. The molecule has 1 aliphatic heterocycles. The van der Waals surface area contributed by atoms with Crippen LogP contribution in [-0.2, 0) is 26.5 Å². The van der Waals surface area contributed by atoms with Gasteiger partial charge < -0.3 is 9.47 Å². The van der Waals surface area contributed by atoms with E-state index in [1.54, 1.807) is 13.0 Å². The first-order chi connectivity index (χ1) is 12.6. The number of ether oxygens (including phenoxy) is 2. The highest BCUT2D eigenvalue weighted by molar-refractivity contribution is 7.93. The molecule has 0 spiro atoms. The molecule has 0 bridgehead atoms. The number of hydrogen-bond donors (Lipinski definition) is 1. The van der Waals surface area contributed by atoms with Gasteiger partial charge in [-0.2, -0.15) is 0 Å². The van der Waals surface area contributed by atoms with E-state index in [9.17, 15) is 16.8 Å². The van der Waals surface area contributed by atoms with Crippen LogP contribution in [0.4, 0.5) is 5.69 Å². The molecule has 2 aromatic carbocycles. The summed E-state index contributed by atoms with van der Waals surface area (Å²) in [7, 11) is -5.01. The van der Waals surface area contributed by atoms with Crippen molar-refractivity contribution >= 4 is 25.7 Å². The van der Waals surface area contributed by atoms with Crippen LogP contribution >= 0.6 is 0 Å². The number of anilines is 1. The molecule has 1 atom stereocenters. The number of fused-ring (bicyclic) bond motifs is 1. The van der Waals surface area contributed by atoms with Gasteiger partial charge in [-0.15, -0.1) is 0 Å². The molecule has 1 aliphatic rings. The van der Waals surface area contributed by atoms with Crippen LogP contribution in [0.25, 0.3) is 0 Å². The SMILES string of the molecule is COc1ccc(OC)c(S(=O)(=O)N2c3ccc(S(N)(=O)=O)cc3CC2C)c1. The molecule has 10 heteroatoms. The smallest absolute Gasteiger partial charge is 0.268 e. The third-order valence-corrected chi connectivity index (χ3v) is 7.30. The largest absolute Gasteiger partial charge is 0.497 e. The van der Waals surface area contributed by atoms with Crippen molar-refractivity contribution in [3.63, 3.8) is 0 Å². The first kappa shape index (κ1) is 19.5. The van der Waals surface area contributed by atoms with Crippen LogP contribution in [0.1, 0.15) is 12.5 Å². The first-order valence-electron chi connectivity index (χ1n) is 8.01. The van der Waals surface area contributed by atoms with Gasteiger partial charge in [0.2, 0.25) is 10.0 Å². The third-order valence-electron chi connectivity index (χ3n) is 4.44. The number of rotatable bonds is 5. The van der Waals surface area contributed by atoms with Crippen molar-refractivity contribution in [2.45, 2.75) is 29.2 Å². The molecule has 2 aromatic rings.